The van der Waals surface area contributed by atoms with Crippen molar-refractivity contribution in [2.24, 2.45) is 0 Å². The van der Waals surface area contributed by atoms with Crippen molar-refractivity contribution < 1.29 is 22.8 Å². The molecule has 5 rings (SSSR count). The van der Waals surface area contributed by atoms with Gasteiger partial charge in [-0.2, -0.15) is 13.2 Å². The Kier molecular flexibility index (Phi) is 6.13. The lowest BCUT2D eigenvalue weighted by atomic mass is 10.0. The second-order valence-electron chi connectivity index (χ2n) is 8.71. The molecule has 0 unspecified atom stereocenters. The summed E-state index contributed by atoms with van der Waals surface area (Å²) in [5, 5.41) is 2.27. The number of halogens is 3. The summed E-state index contributed by atoms with van der Waals surface area (Å²) in [6, 6.07) is 4.77. The first kappa shape index (κ1) is 23.5. The Bertz CT molecular complexity index is 1290. The van der Waals surface area contributed by atoms with Crippen molar-refractivity contribution in [3.05, 3.63) is 50.8 Å². The van der Waals surface area contributed by atoms with Crippen LogP contribution in [-0.4, -0.2) is 92.5 Å². The normalized spacial score (nSPS) is 17.7. The number of aryl methyl sites for hydroxylation is 1. The van der Waals surface area contributed by atoms with Crippen LogP contribution in [0.4, 0.5) is 13.2 Å². The van der Waals surface area contributed by atoms with Gasteiger partial charge in [-0.05, 0) is 18.2 Å². The molecule has 0 spiro atoms. The summed E-state index contributed by atoms with van der Waals surface area (Å²) >= 11 is 1.33. The fourth-order valence-corrected chi connectivity index (χ4v) is 5.15. The van der Waals surface area contributed by atoms with E-state index in [0.29, 0.717) is 47.8 Å². The van der Waals surface area contributed by atoms with Crippen molar-refractivity contribution in [3.63, 3.8) is 0 Å². The number of hydrogen-bond donors (Lipinski definition) is 1. The first-order chi connectivity index (χ1) is 16.7. The van der Waals surface area contributed by atoms with E-state index in [-0.39, 0.29) is 17.9 Å². The molecule has 0 saturated carbocycles. The third kappa shape index (κ3) is 4.82. The highest BCUT2D eigenvalue weighted by Crippen LogP contribution is 2.24. The average molecular weight is 509 g/mol. The minimum absolute atomic E-state index is 0.0502. The number of rotatable bonds is 5. The molecular weight excluding hydrogens is 485 g/mol. The molecule has 3 aromatic rings. The monoisotopic (exact) mass is 508 g/mol. The number of alkyl halides is 3. The summed E-state index contributed by atoms with van der Waals surface area (Å²) in [6.07, 6.45) is -3.85. The maximum Gasteiger partial charge on any atom is 0.390 e. The van der Waals surface area contributed by atoms with Crippen molar-refractivity contribution in [3.8, 4) is 0 Å². The van der Waals surface area contributed by atoms with Crippen LogP contribution in [0.25, 0.3) is 11.0 Å². The molecule has 2 aliphatic heterocycles. The Morgan fingerprint density at radius 3 is 2.49 bits per heavy atom. The smallest absolute Gasteiger partial charge is 0.335 e. The Hall–Kier alpha value is -3.19. The summed E-state index contributed by atoms with van der Waals surface area (Å²) in [5.41, 5.74) is 0.410. The molecule has 2 amide bonds. The molecule has 1 aromatic carbocycles. The van der Waals surface area contributed by atoms with Gasteiger partial charge in [0.25, 0.3) is 11.8 Å². The van der Waals surface area contributed by atoms with E-state index in [1.54, 1.807) is 27.4 Å². The van der Waals surface area contributed by atoms with Gasteiger partial charge >= 0.3 is 11.9 Å². The van der Waals surface area contributed by atoms with E-state index >= 15 is 0 Å². The van der Waals surface area contributed by atoms with E-state index in [0.717, 1.165) is 17.7 Å². The molecule has 186 valence electrons. The highest BCUT2D eigenvalue weighted by atomic mass is 32.1. The minimum atomic E-state index is -4.36. The number of hydrogen-bond acceptors (Lipinski definition) is 6. The molecule has 0 atom stereocenters. The number of benzene rings is 1. The number of fused-ring (bicyclic) bond motifs is 1. The van der Waals surface area contributed by atoms with E-state index in [1.807, 2.05) is 0 Å². The molecule has 0 aliphatic carbocycles. The zero-order valence-corrected chi connectivity index (χ0v) is 19.4. The van der Waals surface area contributed by atoms with Gasteiger partial charge in [0.05, 0.1) is 17.5 Å². The largest absolute Gasteiger partial charge is 0.390 e. The number of thiazole rings is 1. The number of nitrogens with zero attached hydrogens (tertiary/aromatic N) is 5. The molecule has 2 saturated heterocycles. The first-order valence-corrected chi connectivity index (χ1v) is 12.1. The number of likely N-dealkylation sites (tertiary alicyclic amines) is 1. The molecule has 1 N–H and O–H groups in total. The summed E-state index contributed by atoms with van der Waals surface area (Å²) in [4.78, 5) is 49.9. The number of H-pyrrole nitrogens is 1. The van der Waals surface area contributed by atoms with Gasteiger partial charge in [-0.15, -0.1) is 11.3 Å². The van der Waals surface area contributed by atoms with E-state index < -0.39 is 24.8 Å². The van der Waals surface area contributed by atoms with Gasteiger partial charge in [0.2, 0.25) is 0 Å². The van der Waals surface area contributed by atoms with Crippen LogP contribution in [0.3, 0.4) is 0 Å². The van der Waals surface area contributed by atoms with Crippen LogP contribution >= 0.6 is 11.3 Å². The third-order valence-electron chi connectivity index (χ3n) is 6.52. The standard InChI is InChI=1S/C22H23F3N6O3S/c23-22(24,25)3-5-31-17-2-1-14(11-16(17)27-21(31)34)19(32)30-12-15(13-30)28-6-8-29(9-7-28)20(33)18-26-4-10-35-18/h1-2,4,10-11,15H,3,5-9,12-13H2,(H,27,34). The van der Waals surface area contributed by atoms with E-state index in [1.165, 1.54) is 23.5 Å². The molecule has 2 aliphatic rings. The van der Waals surface area contributed by atoms with Gasteiger partial charge in [-0.3, -0.25) is 19.1 Å². The number of nitrogens with one attached hydrogen (secondary N) is 1. The maximum absolute atomic E-state index is 12.9. The van der Waals surface area contributed by atoms with Crippen molar-refractivity contribution >= 4 is 34.2 Å². The predicted molar refractivity (Wildman–Crippen MR) is 123 cm³/mol. The van der Waals surface area contributed by atoms with Crippen molar-refractivity contribution in [2.45, 2.75) is 25.2 Å². The predicted octanol–water partition coefficient (Wildman–Crippen LogP) is 2.02. The lowest BCUT2D eigenvalue weighted by molar-refractivity contribution is -0.136. The van der Waals surface area contributed by atoms with Crippen LogP contribution in [0, 0.1) is 0 Å². The molecule has 0 bridgehead atoms. The average Bonchev–Trinajstić information content (AvgIpc) is 3.43. The van der Waals surface area contributed by atoms with Crippen LogP contribution in [0.15, 0.2) is 34.6 Å². The fourth-order valence-electron chi connectivity index (χ4n) is 4.55. The second-order valence-corrected chi connectivity index (χ2v) is 9.60. The van der Waals surface area contributed by atoms with Gasteiger partial charge in [0, 0.05) is 69.0 Å². The fraction of sp³-hybridized carbons (Fsp3) is 0.455. The molecular formula is C22H23F3N6O3S. The number of carbonyl (C=O) groups excluding carboxylic acids is 2. The van der Waals surface area contributed by atoms with Gasteiger partial charge in [0.15, 0.2) is 5.01 Å². The highest BCUT2D eigenvalue weighted by Gasteiger charge is 2.37. The molecule has 2 fully saturated rings. The zero-order chi connectivity index (χ0) is 24.7. The number of carbonyl (C=O) groups is 2. The first-order valence-electron chi connectivity index (χ1n) is 11.2. The Morgan fingerprint density at radius 1 is 1.09 bits per heavy atom. The zero-order valence-electron chi connectivity index (χ0n) is 18.6. The second kappa shape index (κ2) is 9.11. The quantitative estimate of drug-likeness (QED) is 0.569. The van der Waals surface area contributed by atoms with Crippen LogP contribution in [0.1, 0.15) is 26.6 Å². The molecule has 2 aromatic heterocycles. The molecule has 35 heavy (non-hydrogen) atoms. The lowest BCUT2D eigenvalue weighted by Gasteiger charge is -2.48. The third-order valence-corrected chi connectivity index (χ3v) is 7.28. The van der Waals surface area contributed by atoms with Gasteiger partial charge in [-0.25, -0.2) is 9.78 Å². The van der Waals surface area contributed by atoms with Crippen LogP contribution in [-0.2, 0) is 6.54 Å². The Balaban J connectivity index is 1.16. The summed E-state index contributed by atoms with van der Waals surface area (Å²) in [6.45, 7) is 3.30. The van der Waals surface area contributed by atoms with Gasteiger partial charge < -0.3 is 14.8 Å². The van der Waals surface area contributed by atoms with Gasteiger partial charge in [0.1, 0.15) is 0 Å². The SMILES string of the molecule is O=C(c1ccc2c(c1)[nH]c(=O)n2CCC(F)(F)F)N1CC(N2CCN(C(=O)c3nccs3)CC2)C1. The number of piperazine rings is 1. The lowest BCUT2D eigenvalue weighted by Crippen LogP contribution is -2.64. The Morgan fingerprint density at radius 2 is 1.83 bits per heavy atom. The Labute approximate surface area is 201 Å². The van der Waals surface area contributed by atoms with Crippen LogP contribution < -0.4 is 5.69 Å². The van der Waals surface area contributed by atoms with Crippen LogP contribution in [0.5, 0.6) is 0 Å². The summed E-state index contributed by atoms with van der Waals surface area (Å²) in [7, 11) is 0. The summed E-state index contributed by atoms with van der Waals surface area (Å²) < 4.78 is 38.7. The van der Waals surface area contributed by atoms with Crippen molar-refractivity contribution in [2.75, 3.05) is 39.3 Å². The number of aromatic nitrogens is 3. The van der Waals surface area contributed by atoms with Gasteiger partial charge in [-0.1, -0.05) is 0 Å². The molecule has 0 radical (unpaired) electrons. The number of aromatic amines is 1. The molecule has 9 nitrogen and oxygen atoms in total. The van der Waals surface area contributed by atoms with E-state index in [2.05, 4.69) is 14.9 Å². The van der Waals surface area contributed by atoms with Crippen LogP contribution in [0.2, 0.25) is 0 Å². The van der Waals surface area contributed by atoms with E-state index in [9.17, 15) is 27.6 Å². The van der Waals surface area contributed by atoms with Crippen molar-refractivity contribution in [1.82, 2.24) is 29.2 Å². The van der Waals surface area contributed by atoms with Crippen molar-refractivity contribution in [1.29, 1.82) is 0 Å². The number of imidazole rings is 1. The topological polar surface area (TPSA) is 94.5 Å². The maximum atomic E-state index is 12.9. The highest BCUT2D eigenvalue weighted by molar-refractivity contribution is 7.11. The number of amides is 2. The minimum Gasteiger partial charge on any atom is -0.335 e. The molecule has 13 heteroatoms. The molecule has 4 heterocycles. The van der Waals surface area contributed by atoms with E-state index in [4.69, 9.17) is 0 Å². The summed E-state index contributed by atoms with van der Waals surface area (Å²) in [5.74, 6) is -0.240.